The van der Waals surface area contributed by atoms with Gasteiger partial charge in [-0.1, -0.05) is 6.92 Å². The molecule has 1 aliphatic rings. The average Bonchev–Trinajstić information content (AvgIpc) is 3.06. The number of aromatic nitrogens is 2. The number of carbonyl (C=O) groups excluding carboxylic acids is 1. The van der Waals surface area contributed by atoms with Gasteiger partial charge in [-0.3, -0.25) is 14.2 Å². The number of hydrogen-bond acceptors (Lipinski definition) is 3. The molecule has 1 fully saturated rings. The molecule has 17 heavy (non-hydrogen) atoms. The van der Waals surface area contributed by atoms with Gasteiger partial charge in [-0.2, -0.15) is 0 Å². The van der Waals surface area contributed by atoms with E-state index in [0.717, 1.165) is 4.57 Å². The van der Waals surface area contributed by atoms with E-state index in [0.29, 0.717) is 18.4 Å². The SMILES string of the molecule is CC(=O)c1c[nH]c(=O)n(CC(C)C2CC2)c1=O. The van der Waals surface area contributed by atoms with E-state index in [1.54, 1.807) is 0 Å². The van der Waals surface area contributed by atoms with Crippen molar-refractivity contribution in [2.75, 3.05) is 0 Å². The van der Waals surface area contributed by atoms with Gasteiger partial charge in [-0.15, -0.1) is 0 Å². The first kappa shape index (κ1) is 11.8. The van der Waals surface area contributed by atoms with Crippen molar-refractivity contribution < 1.29 is 4.79 Å². The number of rotatable bonds is 4. The molecule has 1 heterocycles. The molecule has 5 nitrogen and oxygen atoms in total. The van der Waals surface area contributed by atoms with Crippen molar-refractivity contribution in [3.63, 3.8) is 0 Å². The van der Waals surface area contributed by atoms with Gasteiger partial charge in [0.05, 0.1) is 5.56 Å². The molecule has 1 unspecified atom stereocenters. The van der Waals surface area contributed by atoms with Gasteiger partial charge in [-0.05, 0) is 31.6 Å². The fraction of sp³-hybridized carbons (Fsp3) is 0.583. The minimum Gasteiger partial charge on any atom is -0.313 e. The average molecular weight is 236 g/mol. The summed E-state index contributed by atoms with van der Waals surface area (Å²) < 4.78 is 1.14. The van der Waals surface area contributed by atoms with Crippen molar-refractivity contribution in [2.45, 2.75) is 33.2 Å². The molecule has 1 aliphatic carbocycles. The summed E-state index contributed by atoms with van der Waals surface area (Å²) in [5, 5.41) is 0. The second-order valence-electron chi connectivity index (χ2n) is 4.79. The Balaban J connectivity index is 2.37. The Labute approximate surface area is 98.5 Å². The molecule has 1 aromatic heterocycles. The first-order valence-corrected chi connectivity index (χ1v) is 5.84. The highest BCUT2D eigenvalue weighted by Gasteiger charge is 2.28. The van der Waals surface area contributed by atoms with Crippen LogP contribution in [0.3, 0.4) is 0 Å². The van der Waals surface area contributed by atoms with E-state index < -0.39 is 11.2 Å². The van der Waals surface area contributed by atoms with Crippen molar-refractivity contribution >= 4 is 5.78 Å². The lowest BCUT2D eigenvalue weighted by Crippen LogP contribution is -2.39. The van der Waals surface area contributed by atoms with Gasteiger partial charge in [0.2, 0.25) is 0 Å². The second kappa shape index (κ2) is 4.31. The summed E-state index contributed by atoms with van der Waals surface area (Å²) in [5.41, 5.74) is -0.867. The summed E-state index contributed by atoms with van der Waals surface area (Å²) in [6.45, 7) is 3.74. The predicted molar refractivity (Wildman–Crippen MR) is 63.2 cm³/mol. The Morgan fingerprint density at radius 3 is 2.71 bits per heavy atom. The maximum absolute atomic E-state index is 11.9. The third-order valence-electron chi connectivity index (χ3n) is 3.34. The topological polar surface area (TPSA) is 71.9 Å². The van der Waals surface area contributed by atoms with Crippen LogP contribution in [0.1, 0.15) is 37.0 Å². The predicted octanol–water partition coefficient (Wildman–Crippen LogP) is 0.785. The highest BCUT2D eigenvalue weighted by atomic mass is 16.2. The molecule has 0 aliphatic heterocycles. The van der Waals surface area contributed by atoms with Gasteiger partial charge in [0.15, 0.2) is 5.78 Å². The zero-order chi connectivity index (χ0) is 12.6. The molecule has 1 atom stereocenters. The van der Waals surface area contributed by atoms with Crippen LogP contribution in [0.15, 0.2) is 15.8 Å². The number of carbonyl (C=O) groups is 1. The van der Waals surface area contributed by atoms with Crippen LogP contribution in [0.25, 0.3) is 0 Å². The molecule has 5 heteroatoms. The van der Waals surface area contributed by atoms with E-state index in [-0.39, 0.29) is 11.3 Å². The second-order valence-corrected chi connectivity index (χ2v) is 4.79. The molecule has 0 aromatic carbocycles. The maximum Gasteiger partial charge on any atom is 0.328 e. The van der Waals surface area contributed by atoms with Crippen molar-refractivity contribution in [2.24, 2.45) is 11.8 Å². The Bertz CT molecular complexity index is 552. The lowest BCUT2D eigenvalue weighted by atomic mass is 10.1. The molecule has 2 rings (SSSR count). The number of H-pyrrole nitrogens is 1. The Morgan fingerprint density at radius 1 is 1.53 bits per heavy atom. The van der Waals surface area contributed by atoms with Crippen LogP contribution in [0.5, 0.6) is 0 Å². The van der Waals surface area contributed by atoms with Gasteiger partial charge >= 0.3 is 5.69 Å². The summed E-state index contributed by atoms with van der Waals surface area (Å²) >= 11 is 0. The lowest BCUT2D eigenvalue weighted by molar-refractivity contribution is 0.101. The Kier molecular flexibility index (Phi) is 3.00. The number of aromatic amines is 1. The molecule has 0 bridgehead atoms. The minimum atomic E-state index is -0.478. The van der Waals surface area contributed by atoms with E-state index in [9.17, 15) is 14.4 Å². The molecule has 1 saturated carbocycles. The van der Waals surface area contributed by atoms with E-state index in [2.05, 4.69) is 4.98 Å². The van der Waals surface area contributed by atoms with Crippen LogP contribution in [0.4, 0.5) is 0 Å². The van der Waals surface area contributed by atoms with Gasteiger partial charge < -0.3 is 4.98 Å². The zero-order valence-electron chi connectivity index (χ0n) is 10.0. The van der Waals surface area contributed by atoms with E-state index in [4.69, 9.17) is 0 Å². The third-order valence-corrected chi connectivity index (χ3v) is 3.34. The summed E-state index contributed by atoms with van der Waals surface area (Å²) in [6.07, 6.45) is 3.53. The maximum atomic E-state index is 11.9. The van der Waals surface area contributed by atoms with E-state index >= 15 is 0 Å². The Morgan fingerprint density at radius 2 is 2.18 bits per heavy atom. The summed E-state index contributed by atoms with van der Waals surface area (Å²) in [4.78, 5) is 37.2. The number of nitrogens with zero attached hydrogens (tertiary/aromatic N) is 1. The van der Waals surface area contributed by atoms with Gasteiger partial charge in [0.1, 0.15) is 0 Å². The van der Waals surface area contributed by atoms with Crippen molar-refractivity contribution in [1.82, 2.24) is 9.55 Å². The number of hydrogen-bond donors (Lipinski definition) is 1. The zero-order valence-corrected chi connectivity index (χ0v) is 10.0. The highest BCUT2D eigenvalue weighted by molar-refractivity contribution is 5.93. The standard InChI is InChI=1S/C12H16N2O3/c1-7(9-3-4-9)6-14-11(16)10(8(2)15)5-13-12(14)17/h5,7,9H,3-4,6H2,1-2H3,(H,13,17). The van der Waals surface area contributed by atoms with Crippen LogP contribution in [-0.2, 0) is 6.54 Å². The normalized spacial score (nSPS) is 16.8. The molecule has 0 amide bonds. The number of nitrogens with one attached hydrogen (secondary N) is 1. The van der Waals surface area contributed by atoms with Gasteiger partial charge in [0.25, 0.3) is 5.56 Å². The molecule has 1 N–H and O–H groups in total. The molecule has 0 radical (unpaired) electrons. The number of Topliss-reactive ketones (excluding diaryl/α,β-unsaturated/α-hetero) is 1. The number of ketones is 1. The monoisotopic (exact) mass is 236 g/mol. The third kappa shape index (κ3) is 2.38. The van der Waals surface area contributed by atoms with Crippen molar-refractivity contribution in [3.05, 3.63) is 32.6 Å². The molecular weight excluding hydrogens is 220 g/mol. The Hall–Kier alpha value is -1.65. The first-order chi connectivity index (χ1) is 8.00. The fourth-order valence-electron chi connectivity index (χ4n) is 2.03. The molecule has 0 saturated heterocycles. The quantitative estimate of drug-likeness (QED) is 0.785. The molecular formula is C12H16N2O3. The minimum absolute atomic E-state index is 0.0487. The smallest absolute Gasteiger partial charge is 0.313 e. The molecule has 1 aromatic rings. The molecule has 0 spiro atoms. The first-order valence-electron chi connectivity index (χ1n) is 5.84. The highest BCUT2D eigenvalue weighted by Crippen LogP contribution is 2.36. The van der Waals surface area contributed by atoms with Crippen molar-refractivity contribution in [3.8, 4) is 0 Å². The summed E-state index contributed by atoms with van der Waals surface area (Å²) in [5.74, 6) is 0.595. The van der Waals surface area contributed by atoms with Crippen LogP contribution in [0.2, 0.25) is 0 Å². The van der Waals surface area contributed by atoms with E-state index in [1.807, 2.05) is 6.92 Å². The summed E-state index contributed by atoms with van der Waals surface area (Å²) in [6, 6.07) is 0. The van der Waals surface area contributed by atoms with Crippen LogP contribution >= 0.6 is 0 Å². The van der Waals surface area contributed by atoms with Crippen LogP contribution in [0, 0.1) is 11.8 Å². The lowest BCUT2D eigenvalue weighted by Gasteiger charge is -2.11. The van der Waals surface area contributed by atoms with Crippen LogP contribution < -0.4 is 11.2 Å². The summed E-state index contributed by atoms with van der Waals surface area (Å²) in [7, 11) is 0. The largest absolute Gasteiger partial charge is 0.328 e. The van der Waals surface area contributed by atoms with E-state index in [1.165, 1.54) is 26.0 Å². The van der Waals surface area contributed by atoms with Gasteiger partial charge in [0, 0.05) is 12.7 Å². The molecule has 92 valence electrons. The fourth-order valence-corrected chi connectivity index (χ4v) is 2.03. The van der Waals surface area contributed by atoms with Crippen LogP contribution in [-0.4, -0.2) is 15.3 Å². The van der Waals surface area contributed by atoms with Gasteiger partial charge in [-0.25, -0.2) is 4.79 Å². The van der Waals surface area contributed by atoms with Crippen molar-refractivity contribution in [1.29, 1.82) is 0 Å².